The summed E-state index contributed by atoms with van der Waals surface area (Å²) in [4.78, 5) is 18.3. The first-order valence-electron chi connectivity index (χ1n) is 15.6. The Labute approximate surface area is 253 Å². The van der Waals surface area contributed by atoms with Crippen molar-refractivity contribution < 1.29 is 18.3 Å². The van der Waals surface area contributed by atoms with Crippen LogP contribution in [0.3, 0.4) is 0 Å². The van der Waals surface area contributed by atoms with Crippen LogP contribution in [0.1, 0.15) is 50.4 Å². The minimum atomic E-state index is -0.921. The Kier molecular flexibility index (Phi) is 6.47. The van der Waals surface area contributed by atoms with Gasteiger partial charge in [-0.3, -0.25) is 9.88 Å². The number of phenols is 1. The molecule has 0 saturated carbocycles. The van der Waals surface area contributed by atoms with E-state index >= 15 is 4.39 Å². The number of rotatable bonds is 3. The molecular formula is C34H33F3N6O. The summed E-state index contributed by atoms with van der Waals surface area (Å²) in [7, 11) is 0. The van der Waals surface area contributed by atoms with Crippen molar-refractivity contribution in [1.29, 1.82) is 0 Å². The molecule has 0 aliphatic carbocycles. The van der Waals surface area contributed by atoms with E-state index in [1.54, 1.807) is 18.3 Å². The number of piperazine rings is 1. The summed E-state index contributed by atoms with van der Waals surface area (Å²) in [5.41, 5.74) is 0.211. The van der Waals surface area contributed by atoms with Crippen LogP contribution in [-0.4, -0.2) is 74.9 Å². The quantitative estimate of drug-likeness (QED) is 0.312. The molecule has 8 rings (SSSR count). The van der Waals surface area contributed by atoms with E-state index in [4.69, 9.17) is 4.98 Å². The number of aromatic hydroxyl groups is 1. The zero-order valence-corrected chi connectivity index (χ0v) is 24.5. The summed E-state index contributed by atoms with van der Waals surface area (Å²) < 4.78 is 46.1. The fraction of sp³-hybridized carbons (Fsp3) is 0.441. The predicted molar refractivity (Wildman–Crippen MR) is 163 cm³/mol. The van der Waals surface area contributed by atoms with Crippen LogP contribution in [0.25, 0.3) is 32.9 Å². The highest BCUT2D eigenvalue weighted by molar-refractivity contribution is 6.01. The Balaban J connectivity index is 1.33. The molecule has 2 aromatic heterocycles. The monoisotopic (exact) mass is 598 g/mol. The average Bonchev–Trinajstić information content (AvgIpc) is 3.66. The number of halogens is 3. The number of hydrogen-bond acceptors (Lipinski definition) is 7. The highest BCUT2D eigenvalue weighted by Gasteiger charge is 2.47. The predicted octanol–water partition coefficient (Wildman–Crippen LogP) is 5.26. The molecule has 226 valence electrons. The maximum absolute atomic E-state index is 16.8. The number of phenolic OH excluding ortho intramolecular Hbond substituents is 1. The van der Waals surface area contributed by atoms with E-state index in [2.05, 4.69) is 36.9 Å². The Morgan fingerprint density at radius 1 is 1.11 bits per heavy atom. The van der Waals surface area contributed by atoms with E-state index in [1.165, 1.54) is 12.1 Å². The first-order chi connectivity index (χ1) is 21.3. The standard InChI is InChI=1S/C34H33F3N6O/c1-2-24-27(36)7-4-19-12-23(44)13-25(29(19)24)31-30(37)32-26(15-38-31)33(42-17-21-5-6-22(18-42)39-21)41-28(40-32)8-10-34-9-3-11-43(34)16-20(35)14-34/h4,7,12-13,15,20-22,39,44H,2-3,5-6,9,11,14,16-18H2,1H3/t20?,21-,22+,34?. The first-order valence-corrected chi connectivity index (χ1v) is 15.6. The maximum Gasteiger partial charge on any atom is 0.207 e. The van der Waals surface area contributed by atoms with Crippen molar-refractivity contribution in [3.05, 3.63) is 53.5 Å². The summed E-state index contributed by atoms with van der Waals surface area (Å²) in [6.45, 7) is 4.46. The molecule has 6 heterocycles. The molecule has 0 amide bonds. The molecule has 2 bridgehead atoms. The van der Waals surface area contributed by atoms with E-state index in [9.17, 15) is 13.9 Å². The number of aromatic nitrogens is 3. The normalized spacial score (nSPS) is 26.4. The molecule has 4 fully saturated rings. The van der Waals surface area contributed by atoms with Gasteiger partial charge in [0.1, 0.15) is 34.8 Å². The SMILES string of the molecule is CCc1c(F)ccc2cc(O)cc(-c3ncc4c(N5C[C@H]6CC[C@@H](C5)N6)nc(C#CC56CCCN5CC(F)C6)nc4c3F)c12. The number of hydrogen-bond donors (Lipinski definition) is 2. The van der Waals surface area contributed by atoms with E-state index in [0.29, 0.717) is 64.6 Å². The smallest absolute Gasteiger partial charge is 0.207 e. The zero-order chi connectivity index (χ0) is 30.2. The first kappa shape index (κ1) is 27.6. The molecular weight excluding hydrogens is 565 g/mol. The van der Waals surface area contributed by atoms with Crippen LogP contribution in [0.5, 0.6) is 5.75 Å². The second-order valence-electron chi connectivity index (χ2n) is 12.7. The van der Waals surface area contributed by atoms with Crippen molar-refractivity contribution in [1.82, 2.24) is 25.2 Å². The van der Waals surface area contributed by atoms with Crippen LogP contribution in [0, 0.1) is 23.5 Å². The lowest BCUT2D eigenvalue weighted by molar-refractivity contribution is 0.255. The second-order valence-corrected chi connectivity index (χ2v) is 12.7. The molecule has 2 unspecified atom stereocenters. The van der Waals surface area contributed by atoms with Crippen LogP contribution in [0.15, 0.2) is 30.5 Å². The van der Waals surface area contributed by atoms with Crippen molar-refractivity contribution in [2.75, 3.05) is 31.1 Å². The van der Waals surface area contributed by atoms with Gasteiger partial charge in [0.05, 0.1) is 10.9 Å². The highest BCUT2D eigenvalue weighted by atomic mass is 19.1. The summed E-state index contributed by atoms with van der Waals surface area (Å²) >= 11 is 0. The van der Waals surface area contributed by atoms with Crippen LogP contribution in [0.4, 0.5) is 19.0 Å². The Bertz CT molecular complexity index is 1880. The minimum absolute atomic E-state index is 0.0285. The molecule has 2 N–H and O–H groups in total. The highest BCUT2D eigenvalue weighted by Crippen LogP contribution is 2.41. The van der Waals surface area contributed by atoms with Gasteiger partial charge in [-0.15, -0.1) is 0 Å². The van der Waals surface area contributed by atoms with Crippen LogP contribution < -0.4 is 10.2 Å². The zero-order valence-electron chi connectivity index (χ0n) is 24.5. The minimum Gasteiger partial charge on any atom is -0.508 e. The number of pyridine rings is 1. The van der Waals surface area contributed by atoms with Crippen LogP contribution in [0.2, 0.25) is 0 Å². The lowest BCUT2D eigenvalue weighted by atomic mass is 9.94. The third-order valence-corrected chi connectivity index (χ3v) is 9.95. The van der Waals surface area contributed by atoms with Crippen LogP contribution >= 0.6 is 0 Å². The fourth-order valence-corrected chi connectivity index (χ4v) is 8.00. The molecule has 0 radical (unpaired) electrons. The van der Waals surface area contributed by atoms with Gasteiger partial charge >= 0.3 is 0 Å². The number of fused-ring (bicyclic) bond motifs is 5. The summed E-state index contributed by atoms with van der Waals surface area (Å²) in [6, 6.07) is 6.54. The molecule has 4 aromatic rings. The Morgan fingerprint density at radius 3 is 2.73 bits per heavy atom. The molecule has 7 nitrogen and oxygen atoms in total. The Morgan fingerprint density at radius 2 is 1.93 bits per heavy atom. The maximum atomic E-state index is 16.8. The lowest BCUT2D eigenvalue weighted by Gasteiger charge is -2.34. The molecule has 4 saturated heterocycles. The van der Waals surface area contributed by atoms with E-state index in [1.807, 2.05) is 6.92 Å². The second kappa shape index (κ2) is 10.3. The third-order valence-electron chi connectivity index (χ3n) is 9.95. The van der Waals surface area contributed by atoms with Gasteiger partial charge in [0, 0.05) is 49.9 Å². The molecule has 4 aliphatic heterocycles. The van der Waals surface area contributed by atoms with Crippen molar-refractivity contribution in [2.45, 2.75) is 69.2 Å². The van der Waals surface area contributed by atoms with E-state index in [0.717, 1.165) is 45.3 Å². The largest absolute Gasteiger partial charge is 0.508 e. The van der Waals surface area contributed by atoms with Gasteiger partial charge in [-0.05, 0) is 79.1 Å². The fourth-order valence-electron chi connectivity index (χ4n) is 8.00. The van der Waals surface area contributed by atoms with E-state index in [-0.39, 0.29) is 22.8 Å². The topological polar surface area (TPSA) is 77.4 Å². The van der Waals surface area contributed by atoms with Gasteiger partial charge in [-0.25, -0.2) is 23.1 Å². The van der Waals surface area contributed by atoms with Crippen molar-refractivity contribution in [3.63, 3.8) is 0 Å². The average molecular weight is 599 g/mol. The number of benzene rings is 2. The molecule has 0 spiro atoms. The van der Waals surface area contributed by atoms with Gasteiger partial charge in [0.2, 0.25) is 5.82 Å². The Hall–Kier alpha value is -3.94. The number of aryl methyl sites for hydroxylation is 1. The molecule has 44 heavy (non-hydrogen) atoms. The number of anilines is 1. The van der Waals surface area contributed by atoms with E-state index < -0.39 is 23.3 Å². The summed E-state index contributed by atoms with van der Waals surface area (Å²) in [6.07, 6.45) is 5.26. The number of nitrogens with zero attached hydrogens (tertiary/aromatic N) is 5. The molecule has 4 aliphatic rings. The van der Waals surface area contributed by atoms with Gasteiger partial charge in [0.15, 0.2) is 5.82 Å². The number of alkyl halides is 1. The third kappa shape index (κ3) is 4.39. The molecule has 10 heteroatoms. The molecule has 4 atom stereocenters. The molecule has 2 aromatic carbocycles. The van der Waals surface area contributed by atoms with Gasteiger partial charge in [-0.2, -0.15) is 0 Å². The lowest BCUT2D eigenvalue weighted by Crippen LogP contribution is -2.51. The van der Waals surface area contributed by atoms with Gasteiger partial charge in [0.25, 0.3) is 0 Å². The van der Waals surface area contributed by atoms with Gasteiger partial charge in [-0.1, -0.05) is 18.9 Å². The van der Waals surface area contributed by atoms with Crippen molar-refractivity contribution in [2.24, 2.45) is 0 Å². The number of nitrogens with one attached hydrogen (secondary N) is 1. The summed E-state index contributed by atoms with van der Waals surface area (Å²) in [5.74, 6) is 6.05. The van der Waals surface area contributed by atoms with Crippen LogP contribution in [-0.2, 0) is 6.42 Å². The van der Waals surface area contributed by atoms with Gasteiger partial charge < -0.3 is 15.3 Å². The van der Waals surface area contributed by atoms with Crippen molar-refractivity contribution >= 4 is 27.5 Å². The summed E-state index contributed by atoms with van der Waals surface area (Å²) in [5, 5.41) is 15.7. The van der Waals surface area contributed by atoms with Crippen molar-refractivity contribution in [3.8, 4) is 28.8 Å².